The van der Waals surface area contributed by atoms with Crippen molar-refractivity contribution < 1.29 is 4.42 Å². The first-order valence-corrected chi connectivity index (χ1v) is 9.22. The van der Waals surface area contributed by atoms with Gasteiger partial charge in [0.1, 0.15) is 11.2 Å². The van der Waals surface area contributed by atoms with Crippen LogP contribution in [-0.4, -0.2) is 4.57 Å². The number of rotatable bonds is 1. The number of aromatic nitrogens is 1. The molecule has 0 radical (unpaired) electrons. The number of fused-ring (bicyclic) bond motifs is 6. The van der Waals surface area contributed by atoms with E-state index in [1.807, 2.05) is 12.1 Å². The Labute approximate surface area is 156 Å². The van der Waals surface area contributed by atoms with Crippen LogP contribution < -0.4 is 0 Å². The van der Waals surface area contributed by atoms with Crippen molar-refractivity contribution in [2.45, 2.75) is 6.92 Å². The van der Waals surface area contributed by atoms with Crippen LogP contribution in [0.25, 0.3) is 49.4 Å². The van der Waals surface area contributed by atoms with Crippen molar-refractivity contribution in [3.05, 3.63) is 90.5 Å². The van der Waals surface area contributed by atoms with Gasteiger partial charge < -0.3 is 8.98 Å². The van der Waals surface area contributed by atoms with Gasteiger partial charge in [-0.1, -0.05) is 48.5 Å². The predicted octanol–water partition coefficient (Wildman–Crippen LogP) is 6.99. The molecule has 0 N–H and O–H groups in total. The lowest BCUT2D eigenvalue weighted by atomic mass is 10.1. The van der Waals surface area contributed by atoms with Crippen molar-refractivity contribution in [1.29, 1.82) is 0 Å². The van der Waals surface area contributed by atoms with Gasteiger partial charge in [-0.3, -0.25) is 0 Å². The van der Waals surface area contributed by atoms with Crippen molar-refractivity contribution in [3.63, 3.8) is 0 Å². The number of hydrogen-bond donors (Lipinski definition) is 0. The molecule has 0 spiro atoms. The standard InChI is InChI=1S/C25H17NO/c1-16-7-6-11-22-25(16)19-9-2-4-10-21(19)26(22)17-13-14-24-20(15-17)18-8-3-5-12-23(18)27-24/h2-15H,1H3. The van der Waals surface area contributed by atoms with Crippen molar-refractivity contribution >= 4 is 43.7 Å². The summed E-state index contributed by atoms with van der Waals surface area (Å²) in [5.41, 5.74) is 6.79. The molecule has 2 heterocycles. The first-order valence-electron chi connectivity index (χ1n) is 9.22. The van der Waals surface area contributed by atoms with Gasteiger partial charge in [0, 0.05) is 27.2 Å². The maximum absolute atomic E-state index is 6.01. The third-order valence-electron chi connectivity index (χ3n) is 5.52. The maximum Gasteiger partial charge on any atom is 0.135 e. The lowest BCUT2D eigenvalue weighted by Crippen LogP contribution is -1.93. The van der Waals surface area contributed by atoms with Gasteiger partial charge in [0.2, 0.25) is 0 Å². The SMILES string of the molecule is Cc1cccc2c1c1ccccc1n2-c1ccc2oc3ccccc3c2c1. The fraction of sp³-hybridized carbons (Fsp3) is 0.0400. The largest absolute Gasteiger partial charge is 0.456 e. The average molecular weight is 347 g/mol. The quantitative estimate of drug-likeness (QED) is 0.313. The Morgan fingerprint density at radius 3 is 2.30 bits per heavy atom. The van der Waals surface area contributed by atoms with Crippen molar-refractivity contribution in [3.8, 4) is 5.69 Å². The van der Waals surface area contributed by atoms with Gasteiger partial charge in [-0.2, -0.15) is 0 Å². The Hall–Kier alpha value is -3.52. The molecule has 0 atom stereocenters. The predicted molar refractivity (Wildman–Crippen MR) is 113 cm³/mol. The molecule has 0 fully saturated rings. The molecule has 0 saturated carbocycles. The molecule has 2 nitrogen and oxygen atoms in total. The highest BCUT2D eigenvalue weighted by molar-refractivity contribution is 6.11. The molecule has 27 heavy (non-hydrogen) atoms. The van der Waals surface area contributed by atoms with Crippen LogP contribution in [0.15, 0.2) is 89.3 Å². The molecule has 0 saturated heterocycles. The molecule has 0 aliphatic rings. The summed E-state index contributed by atoms with van der Waals surface area (Å²) in [6.07, 6.45) is 0. The molecule has 128 valence electrons. The van der Waals surface area contributed by atoms with Crippen LogP contribution in [0, 0.1) is 6.92 Å². The van der Waals surface area contributed by atoms with Crippen LogP contribution in [0.5, 0.6) is 0 Å². The first kappa shape index (κ1) is 14.6. The van der Waals surface area contributed by atoms with E-state index in [0.717, 1.165) is 27.6 Å². The molecule has 4 aromatic carbocycles. The summed E-state index contributed by atoms with van der Waals surface area (Å²) in [7, 11) is 0. The number of benzene rings is 4. The molecule has 2 aromatic heterocycles. The van der Waals surface area contributed by atoms with Gasteiger partial charge in [-0.25, -0.2) is 0 Å². The summed E-state index contributed by atoms with van der Waals surface area (Å²) >= 11 is 0. The number of nitrogens with zero attached hydrogens (tertiary/aromatic N) is 1. The Morgan fingerprint density at radius 2 is 1.37 bits per heavy atom. The van der Waals surface area contributed by atoms with E-state index in [4.69, 9.17) is 4.42 Å². The summed E-state index contributed by atoms with van der Waals surface area (Å²) in [6, 6.07) is 29.9. The van der Waals surface area contributed by atoms with Gasteiger partial charge in [0.25, 0.3) is 0 Å². The van der Waals surface area contributed by atoms with Gasteiger partial charge in [-0.05, 0) is 48.9 Å². The smallest absolute Gasteiger partial charge is 0.135 e. The maximum atomic E-state index is 6.01. The first-order chi connectivity index (χ1) is 13.3. The third-order valence-corrected chi connectivity index (χ3v) is 5.52. The number of furan rings is 1. The minimum Gasteiger partial charge on any atom is -0.456 e. The normalized spacial score (nSPS) is 11.9. The van der Waals surface area contributed by atoms with Crippen LogP contribution in [0.3, 0.4) is 0 Å². The number of hydrogen-bond acceptors (Lipinski definition) is 1. The summed E-state index contributed by atoms with van der Waals surface area (Å²) in [4.78, 5) is 0. The molecular weight excluding hydrogens is 330 g/mol. The lowest BCUT2D eigenvalue weighted by molar-refractivity contribution is 0.669. The second-order valence-electron chi connectivity index (χ2n) is 7.10. The van der Waals surface area contributed by atoms with Crippen LogP contribution in [0.2, 0.25) is 0 Å². The van der Waals surface area contributed by atoms with E-state index < -0.39 is 0 Å². The minimum absolute atomic E-state index is 0.928. The van der Waals surface area contributed by atoms with E-state index in [9.17, 15) is 0 Å². The molecule has 0 aliphatic heterocycles. The van der Waals surface area contributed by atoms with Crippen LogP contribution >= 0.6 is 0 Å². The topological polar surface area (TPSA) is 18.1 Å². The van der Waals surface area contributed by atoms with Crippen molar-refractivity contribution in [2.24, 2.45) is 0 Å². The van der Waals surface area contributed by atoms with Gasteiger partial charge in [0.15, 0.2) is 0 Å². The second kappa shape index (κ2) is 5.24. The fourth-order valence-electron chi connectivity index (χ4n) is 4.33. The summed E-state index contributed by atoms with van der Waals surface area (Å²) in [5.74, 6) is 0. The van der Waals surface area contributed by atoms with E-state index in [1.54, 1.807) is 0 Å². The number of aryl methyl sites for hydroxylation is 1. The zero-order valence-corrected chi connectivity index (χ0v) is 14.9. The second-order valence-corrected chi connectivity index (χ2v) is 7.10. The highest BCUT2D eigenvalue weighted by atomic mass is 16.3. The van der Waals surface area contributed by atoms with E-state index in [2.05, 4.69) is 84.3 Å². The van der Waals surface area contributed by atoms with Gasteiger partial charge >= 0.3 is 0 Å². The Balaban J connectivity index is 1.77. The van der Waals surface area contributed by atoms with Gasteiger partial charge in [0.05, 0.1) is 11.0 Å². The fourth-order valence-corrected chi connectivity index (χ4v) is 4.33. The lowest BCUT2D eigenvalue weighted by Gasteiger charge is -2.08. The van der Waals surface area contributed by atoms with E-state index in [-0.39, 0.29) is 0 Å². The monoisotopic (exact) mass is 347 g/mol. The molecule has 0 unspecified atom stereocenters. The Bertz CT molecular complexity index is 1480. The summed E-state index contributed by atoms with van der Waals surface area (Å²) in [5, 5.41) is 4.93. The van der Waals surface area contributed by atoms with Crippen LogP contribution in [0.4, 0.5) is 0 Å². The third kappa shape index (κ3) is 1.95. The van der Waals surface area contributed by atoms with Crippen molar-refractivity contribution in [1.82, 2.24) is 4.57 Å². The van der Waals surface area contributed by atoms with E-state index in [0.29, 0.717) is 0 Å². The van der Waals surface area contributed by atoms with Gasteiger partial charge in [-0.15, -0.1) is 0 Å². The molecular formula is C25H17NO. The van der Waals surface area contributed by atoms with E-state index in [1.165, 1.54) is 27.4 Å². The van der Waals surface area contributed by atoms with Crippen LogP contribution in [-0.2, 0) is 0 Å². The highest BCUT2D eigenvalue weighted by Crippen LogP contribution is 2.36. The highest BCUT2D eigenvalue weighted by Gasteiger charge is 2.14. The molecule has 0 aliphatic carbocycles. The average Bonchev–Trinajstić information content (AvgIpc) is 3.24. The Kier molecular flexibility index (Phi) is 2.84. The summed E-state index contributed by atoms with van der Waals surface area (Å²) in [6.45, 7) is 2.19. The number of para-hydroxylation sites is 2. The molecule has 0 amide bonds. The molecule has 2 heteroatoms. The zero-order valence-electron chi connectivity index (χ0n) is 14.9. The molecule has 6 rings (SSSR count). The van der Waals surface area contributed by atoms with Crippen molar-refractivity contribution in [2.75, 3.05) is 0 Å². The van der Waals surface area contributed by atoms with E-state index >= 15 is 0 Å². The molecule has 6 aromatic rings. The summed E-state index contributed by atoms with van der Waals surface area (Å²) < 4.78 is 8.37. The van der Waals surface area contributed by atoms with Crippen LogP contribution in [0.1, 0.15) is 5.56 Å². The Morgan fingerprint density at radius 1 is 0.630 bits per heavy atom. The zero-order chi connectivity index (χ0) is 18.0. The molecule has 0 bridgehead atoms. The minimum atomic E-state index is 0.928.